The fraction of sp³-hybridized carbons (Fsp3) is 0.269. The van der Waals surface area contributed by atoms with Crippen LogP contribution in [0.15, 0.2) is 91.0 Å². The molecule has 6 aromatic carbocycles. The highest BCUT2D eigenvalue weighted by molar-refractivity contribution is 6.37. The molecule has 12 aromatic rings. The Morgan fingerprint density at radius 1 is 0.431 bits per heavy atom. The van der Waals surface area contributed by atoms with Crippen molar-refractivity contribution >= 4 is 88.3 Å². The zero-order valence-corrected chi connectivity index (χ0v) is 35.3. The van der Waals surface area contributed by atoms with Crippen molar-refractivity contribution in [3.8, 4) is 11.1 Å². The van der Waals surface area contributed by atoms with Gasteiger partial charge in [0.15, 0.2) is 0 Å². The quantitative estimate of drug-likeness (QED) is 0.167. The van der Waals surface area contributed by atoms with Crippen LogP contribution >= 0.6 is 0 Å². The number of nitrogens with zero attached hydrogens (tertiary/aromatic N) is 6. The van der Waals surface area contributed by atoms with E-state index in [0.717, 1.165) is 33.6 Å². The summed E-state index contributed by atoms with van der Waals surface area (Å²) >= 11 is 0. The van der Waals surface area contributed by atoms with Gasteiger partial charge in [-0.15, -0.1) is 0 Å². The first-order valence-corrected chi connectivity index (χ1v) is 20.8. The lowest BCUT2D eigenvalue weighted by molar-refractivity contribution is 0.591. The van der Waals surface area contributed by atoms with Crippen LogP contribution in [-0.4, -0.2) is 27.6 Å². The van der Waals surface area contributed by atoms with E-state index in [4.69, 9.17) is 9.97 Å². The van der Waals surface area contributed by atoms with E-state index in [1.807, 2.05) is 0 Å². The van der Waals surface area contributed by atoms with Crippen molar-refractivity contribution in [2.24, 2.45) is 0 Å². The lowest BCUT2D eigenvalue weighted by Gasteiger charge is -2.19. The molecule has 6 nitrogen and oxygen atoms in total. The minimum atomic E-state index is -0.0701. The maximum Gasteiger partial charge on any atom is 0.220 e. The molecular formula is C52H48N6. The van der Waals surface area contributed by atoms with Crippen LogP contribution in [0.2, 0.25) is 0 Å². The van der Waals surface area contributed by atoms with Gasteiger partial charge in [0, 0.05) is 27.1 Å². The highest BCUT2D eigenvalue weighted by Crippen LogP contribution is 2.50. The van der Waals surface area contributed by atoms with Gasteiger partial charge in [0.1, 0.15) is 0 Å². The number of para-hydroxylation sites is 2. The summed E-state index contributed by atoms with van der Waals surface area (Å²) in [6.45, 7) is 25.2. The third-order valence-corrected chi connectivity index (χ3v) is 13.3. The van der Waals surface area contributed by atoms with Gasteiger partial charge < -0.3 is 0 Å². The Labute approximate surface area is 337 Å². The van der Waals surface area contributed by atoms with E-state index in [9.17, 15) is 0 Å². The number of rotatable bonds is 1. The van der Waals surface area contributed by atoms with Crippen LogP contribution in [-0.2, 0) is 16.2 Å². The van der Waals surface area contributed by atoms with E-state index in [0.29, 0.717) is 0 Å². The van der Waals surface area contributed by atoms with Crippen LogP contribution in [0, 0.1) is 13.8 Å². The summed E-state index contributed by atoms with van der Waals surface area (Å²) < 4.78 is 9.92. The molecule has 0 aliphatic carbocycles. The van der Waals surface area contributed by atoms with E-state index in [2.05, 4.69) is 185 Å². The third-order valence-electron chi connectivity index (χ3n) is 13.3. The maximum absolute atomic E-state index is 5.71. The molecule has 0 spiro atoms. The smallest absolute Gasteiger partial charge is 0.220 e. The fourth-order valence-electron chi connectivity index (χ4n) is 10.5. The van der Waals surface area contributed by atoms with Gasteiger partial charge in [-0.3, -0.25) is 17.6 Å². The van der Waals surface area contributed by atoms with Gasteiger partial charge in [-0.05, 0) is 99.9 Å². The van der Waals surface area contributed by atoms with E-state index in [1.165, 1.54) is 93.6 Å². The molecule has 0 atom stereocenters. The standard InChI is InChI=1S/C52H48N6/c1-27-15-12-16-28(2)39(27)31-17-13-19-37-42(31)53-48-55-35-23-21-29(50(3,4)5)25-32(35)41-44(55)46(57(37)48)40-33-26-30(51(6,7)8)22-24-36(33)56-45(40)47(41)58-38-20-14-18-34(52(9,10)11)43(38)54-49(56)58/h12-26H,1-11H3. The molecule has 0 aliphatic rings. The number of aryl methyl sites for hydroxylation is 2. The Morgan fingerprint density at radius 2 is 0.862 bits per heavy atom. The van der Waals surface area contributed by atoms with Gasteiger partial charge in [-0.2, -0.15) is 0 Å². The highest BCUT2D eigenvalue weighted by atomic mass is 15.2. The average molecular weight is 757 g/mol. The normalized spacial score (nSPS) is 13.8. The Morgan fingerprint density at radius 3 is 1.34 bits per heavy atom. The molecule has 0 saturated heterocycles. The fourth-order valence-corrected chi connectivity index (χ4v) is 10.5. The lowest BCUT2D eigenvalue weighted by atomic mass is 9.86. The third kappa shape index (κ3) is 4.03. The van der Waals surface area contributed by atoms with Crippen LogP contribution in [0.3, 0.4) is 0 Å². The number of hydrogen-bond donors (Lipinski definition) is 0. The van der Waals surface area contributed by atoms with Crippen molar-refractivity contribution in [1.82, 2.24) is 27.6 Å². The Kier molecular flexibility index (Phi) is 6.13. The first-order chi connectivity index (χ1) is 27.5. The molecule has 0 fully saturated rings. The van der Waals surface area contributed by atoms with Crippen LogP contribution in [0.1, 0.15) is 90.1 Å². The zero-order valence-electron chi connectivity index (χ0n) is 35.3. The molecule has 0 aliphatic heterocycles. The largest absolute Gasteiger partial charge is 0.277 e. The van der Waals surface area contributed by atoms with Crippen LogP contribution in [0.4, 0.5) is 0 Å². The number of imidazole rings is 4. The summed E-state index contributed by atoms with van der Waals surface area (Å²) in [5.41, 5.74) is 20.3. The first kappa shape index (κ1) is 33.9. The van der Waals surface area contributed by atoms with Crippen LogP contribution in [0.5, 0.6) is 0 Å². The number of fused-ring (bicyclic) bond motifs is 18. The summed E-state index contributed by atoms with van der Waals surface area (Å²) in [5.74, 6) is 1.91. The van der Waals surface area contributed by atoms with Crippen molar-refractivity contribution < 1.29 is 0 Å². The first-order valence-electron chi connectivity index (χ1n) is 20.8. The molecule has 6 aromatic heterocycles. The molecule has 6 heterocycles. The monoisotopic (exact) mass is 756 g/mol. The molecule has 0 unspecified atom stereocenters. The predicted molar refractivity (Wildman–Crippen MR) is 244 cm³/mol. The molecule has 12 rings (SSSR count). The van der Waals surface area contributed by atoms with Crippen molar-refractivity contribution in [3.63, 3.8) is 0 Å². The average Bonchev–Trinajstić information content (AvgIpc) is 3.98. The van der Waals surface area contributed by atoms with Crippen molar-refractivity contribution in [3.05, 3.63) is 119 Å². The summed E-state index contributed by atoms with van der Waals surface area (Å²) in [6.07, 6.45) is 0. The van der Waals surface area contributed by atoms with E-state index in [1.54, 1.807) is 0 Å². The Balaban J connectivity index is 1.41. The molecule has 286 valence electrons. The predicted octanol–water partition coefficient (Wildman–Crippen LogP) is 13.5. The molecular weight excluding hydrogens is 709 g/mol. The van der Waals surface area contributed by atoms with Crippen molar-refractivity contribution in [2.75, 3.05) is 0 Å². The van der Waals surface area contributed by atoms with Crippen molar-refractivity contribution in [2.45, 2.75) is 92.4 Å². The van der Waals surface area contributed by atoms with E-state index in [-0.39, 0.29) is 16.2 Å². The second-order valence-corrected chi connectivity index (χ2v) is 20.1. The highest BCUT2D eigenvalue weighted by Gasteiger charge is 2.34. The molecule has 0 amide bonds. The minimum absolute atomic E-state index is 0.0276. The van der Waals surface area contributed by atoms with E-state index >= 15 is 0 Å². The summed E-state index contributed by atoms with van der Waals surface area (Å²) in [7, 11) is 0. The number of aromatic nitrogens is 6. The maximum atomic E-state index is 5.71. The van der Waals surface area contributed by atoms with Gasteiger partial charge in [-0.1, -0.05) is 117 Å². The van der Waals surface area contributed by atoms with Gasteiger partial charge in [0.25, 0.3) is 0 Å². The van der Waals surface area contributed by atoms with Gasteiger partial charge in [-0.25, -0.2) is 9.97 Å². The minimum Gasteiger partial charge on any atom is -0.277 e. The van der Waals surface area contributed by atoms with E-state index < -0.39 is 0 Å². The van der Waals surface area contributed by atoms with Crippen molar-refractivity contribution in [1.29, 1.82) is 0 Å². The Hall–Kier alpha value is -6.14. The van der Waals surface area contributed by atoms with Crippen LogP contribution in [0.25, 0.3) is 99.4 Å². The molecule has 6 heteroatoms. The SMILES string of the molecule is Cc1cccc(C)c1-c1cccc2c1nc1n2c2c3c4cc(C(C)(C)C)ccc4n4c3c(c3c5cc(C(C)(C)C)ccc5n1c32)n1c2cccc(C(C)(C)C)c2nc14. The summed E-state index contributed by atoms with van der Waals surface area (Å²) in [6, 6.07) is 34.4. The summed E-state index contributed by atoms with van der Waals surface area (Å²) in [5, 5.41) is 5.02. The number of benzene rings is 6. The second kappa shape index (κ2) is 10.5. The van der Waals surface area contributed by atoms with Gasteiger partial charge >= 0.3 is 0 Å². The number of hydrogen-bond acceptors (Lipinski definition) is 2. The molecule has 58 heavy (non-hydrogen) atoms. The molecule has 0 saturated carbocycles. The lowest BCUT2D eigenvalue weighted by Crippen LogP contribution is -2.11. The van der Waals surface area contributed by atoms with Crippen LogP contribution < -0.4 is 0 Å². The Bertz CT molecular complexity index is 3700. The van der Waals surface area contributed by atoms with Gasteiger partial charge in [0.2, 0.25) is 11.6 Å². The topological polar surface area (TPSA) is 43.4 Å². The summed E-state index contributed by atoms with van der Waals surface area (Å²) in [4.78, 5) is 11.3. The molecule has 0 bridgehead atoms. The molecule has 0 radical (unpaired) electrons. The molecule has 0 N–H and O–H groups in total. The zero-order chi connectivity index (χ0) is 40.1. The second-order valence-electron chi connectivity index (χ2n) is 20.1. The van der Waals surface area contributed by atoms with Gasteiger partial charge in [0.05, 0.1) is 55.2 Å².